The molecule has 126 valence electrons. The minimum Gasteiger partial charge on any atom is -0.504 e. The topological polar surface area (TPSA) is 70.9 Å². The molecule has 3 rings (SSSR count). The highest BCUT2D eigenvalue weighted by Gasteiger charge is 2.08. The van der Waals surface area contributed by atoms with Gasteiger partial charge in [-0.2, -0.15) is 5.10 Å². The van der Waals surface area contributed by atoms with E-state index in [0.29, 0.717) is 23.5 Å². The van der Waals surface area contributed by atoms with Crippen molar-refractivity contribution in [1.82, 2.24) is 5.43 Å². The van der Waals surface area contributed by atoms with Gasteiger partial charge in [0, 0.05) is 5.56 Å². The Kier molecular flexibility index (Phi) is 4.95. The lowest BCUT2D eigenvalue weighted by Gasteiger charge is -2.06. The Labute approximate surface area is 145 Å². The second kappa shape index (κ2) is 7.49. The van der Waals surface area contributed by atoms with E-state index in [9.17, 15) is 9.90 Å². The van der Waals surface area contributed by atoms with Crippen LogP contribution in [0.25, 0.3) is 10.8 Å². The zero-order valence-corrected chi connectivity index (χ0v) is 13.8. The van der Waals surface area contributed by atoms with Gasteiger partial charge in [-0.05, 0) is 47.5 Å². The van der Waals surface area contributed by atoms with E-state index in [-0.39, 0.29) is 11.7 Å². The second-order valence-electron chi connectivity index (χ2n) is 5.39. The summed E-state index contributed by atoms with van der Waals surface area (Å²) in [6, 6.07) is 18.1. The van der Waals surface area contributed by atoms with Gasteiger partial charge in [-0.3, -0.25) is 4.79 Å². The number of hydrogen-bond acceptors (Lipinski definition) is 4. The monoisotopic (exact) mass is 334 g/mol. The van der Waals surface area contributed by atoms with E-state index in [1.807, 2.05) is 43.3 Å². The first-order valence-corrected chi connectivity index (χ1v) is 7.96. The van der Waals surface area contributed by atoms with E-state index in [0.717, 1.165) is 10.8 Å². The molecule has 0 heterocycles. The van der Waals surface area contributed by atoms with Crippen LogP contribution < -0.4 is 10.2 Å². The number of phenolic OH excluding ortho intramolecular Hbond substituents is 1. The van der Waals surface area contributed by atoms with Gasteiger partial charge < -0.3 is 9.84 Å². The van der Waals surface area contributed by atoms with Crippen LogP contribution in [0.4, 0.5) is 0 Å². The highest BCUT2D eigenvalue weighted by Crippen LogP contribution is 2.26. The van der Waals surface area contributed by atoms with Crippen LogP contribution in [0, 0.1) is 0 Å². The zero-order chi connectivity index (χ0) is 17.6. The van der Waals surface area contributed by atoms with E-state index < -0.39 is 0 Å². The number of fused-ring (bicyclic) bond motifs is 1. The molecule has 0 aromatic heterocycles. The van der Waals surface area contributed by atoms with Crippen molar-refractivity contribution in [1.29, 1.82) is 0 Å². The van der Waals surface area contributed by atoms with Gasteiger partial charge in [0.15, 0.2) is 11.5 Å². The number of nitrogens with zero attached hydrogens (tertiary/aromatic N) is 1. The molecule has 0 radical (unpaired) electrons. The van der Waals surface area contributed by atoms with E-state index in [1.54, 1.807) is 18.2 Å². The molecule has 3 aromatic rings. The molecule has 0 aliphatic heterocycles. The Balaban J connectivity index is 1.75. The van der Waals surface area contributed by atoms with Crippen molar-refractivity contribution in [2.45, 2.75) is 6.92 Å². The van der Waals surface area contributed by atoms with E-state index in [1.165, 1.54) is 12.3 Å². The van der Waals surface area contributed by atoms with Gasteiger partial charge >= 0.3 is 0 Å². The molecule has 0 fully saturated rings. The zero-order valence-electron chi connectivity index (χ0n) is 13.8. The molecular weight excluding hydrogens is 316 g/mol. The fourth-order valence-corrected chi connectivity index (χ4v) is 2.53. The average molecular weight is 334 g/mol. The Morgan fingerprint density at radius 2 is 1.96 bits per heavy atom. The van der Waals surface area contributed by atoms with Crippen LogP contribution in [-0.2, 0) is 0 Å². The number of hydrazone groups is 1. The maximum atomic E-state index is 12.4. The largest absolute Gasteiger partial charge is 0.504 e. The Morgan fingerprint density at radius 1 is 1.16 bits per heavy atom. The van der Waals surface area contributed by atoms with Crippen LogP contribution in [0.3, 0.4) is 0 Å². The SMILES string of the molecule is CCOc1cc(C=NNC(=O)c2cccc3ccccc23)ccc1O. The predicted molar refractivity (Wildman–Crippen MR) is 98.3 cm³/mol. The molecule has 0 aliphatic rings. The molecule has 0 saturated heterocycles. The summed E-state index contributed by atoms with van der Waals surface area (Å²) in [5.41, 5.74) is 3.81. The fraction of sp³-hybridized carbons (Fsp3) is 0.100. The highest BCUT2D eigenvalue weighted by atomic mass is 16.5. The molecule has 0 bridgehead atoms. The Morgan fingerprint density at radius 3 is 2.80 bits per heavy atom. The van der Waals surface area contributed by atoms with Crippen LogP contribution >= 0.6 is 0 Å². The lowest BCUT2D eigenvalue weighted by Crippen LogP contribution is -2.17. The number of phenols is 1. The number of carbonyl (C=O) groups is 1. The van der Waals surface area contributed by atoms with Gasteiger partial charge in [-0.25, -0.2) is 5.43 Å². The summed E-state index contributed by atoms with van der Waals surface area (Å²) in [7, 11) is 0. The Hall–Kier alpha value is -3.34. The van der Waals surface area contributed by atoms with Gasteiger partial charge in [0.1, 0.15) is 0 Å². The van der Waals surface area contributed by atoms with Gasteiger partial charge in [0.25, 0.3) is 5.91 Å². The number of benzene rings is 3. The second-order valence-corrected chi connectivity index (χ2v) is 5.39. The number of aromatic hydroxyl groups is 1. The summed E-state index contributed by atoms with van der Waals surface area (Å²) in [5.74, 6) is 0.169. The molecule has 0 spiro atoms. The molecular formula is C20H18N2O3. The summed E-state index contributed by atoms with van der Waals surface area (Å²) in [6.45, 7) is 2.29. The van der Waals surface area contributed by atoms with Crippen molar-refractivity contribution >= 4 is 22.9 Å². The minimum absolute atomic E-state index is 0.0683. The quantitative estimate of drug-likeness (QED) is 0.552. The average Bonchev–Trinajstić information content (AvgIpc) is 2.64. The number of rotatable bonds is 5. The van der Waals surface area contributed by atoms with Crippen LogP contribution in [-0.4, -0.2) is 23.8 Å². The van der Waals surface area contributed by atoms with Gasteiger partial charge in [0.05, 0.1) is 12.8 Å². The number of ether oxygens (including phenoxy) is 1. The smallest absolute Gasteiger partial charge is 0.271 e. The molecule has 25 heavy (non-hydrogen) atoms. The first-order valence-electron chi connectivity index (χ1n) is 7.96. The first-order chi connectivity index (χ1) is 12.2. The third-order valence-corrected chi connectivity index (χ3v) is 3.70. The molecule has 1 amide bonds. The van der Waals surface area contributed by atoms with Crippen LogP contribution in [0.1, 0.15) is 22.8 Å². The first kappa shape index (κ1) is 16.5. The molecule has 0 saturated carbocycles. The third-order valence-electron chi connectivity index (χ3n) is 3.70. The fourth-order valence-electron chi connectivity index (χ4n) is 2.53. The van der Waals surface area contributed by atoms with Crippen LogP contribution in [0.15, 0.2) is 65.8 Å². The summed E-state index contributed by atoms with van der Waals surface area (Å²) in [5, 5.41) is 15.6. The summed E-state index contributed by atoms with van der Waals surface area (Å²) < 4.78 is 5.32. The van der Waals surface area contributed by atoms with Gasteiger partial charge in [0.2, 0.25) is 0 Å². The minimum atomic E-state index is -0.281. The predicted octanol–water partition coefficient (Wildman–Crippen LogP) is 3.71. The molecule has 0 atom stereocenters. The van der Waals surface area contributed by atoms with Crippen molar-refractivity contribution in [3.63, 3.8) is 0 Å². The molecule has 2 N–H and O–H groups in total. The maximum Gasteiger partial charge on any atom is 0.271 e. The molecule has 0 aliphatic carbocycles. The van der Waals surface area contributed by atoms with Crippen LogP contribution in [0.5, 0.6) is 11.5 Å². The lowest BCUT2D eigenvalue weighted by molar-refractivity contribution is 0.0957. The summed E-state index contributed by atoms with van der Waals surface area (Å²) >= 11 is 0. The van der Waals surface area contributed by atoms with Gasteiger partial charge in [-0.15, -0.1) is 0 Å². The van der Waals surface area contributed by atoms with E-state index in [4.69, 9.17) is 4.74 Å². The van der Waals surface area contributed by atoms with Gasteiger partial charge in [-0.1, -0.05) is 36.4 Å². The van der Waals surface area contributed by atoms with E-state index in [2.05, 4.69) is 10.5 Å². The standard InChI is InChI=1S/C20H18N2O3/c1-2-25-19-12-14(10-11-18(19)23)13-21-22-20(24)17-9-5-7-15-6-3-4-8-16(15)17/h3-13,23H,2H2,1H3,(H,22,24). The maximum absolute atomic E-state index is 12.4. The summed E-state index contributed by atoms with van der Waals surface area (Å²) in [4.78, 5) is 12.4. The summed E-state index contributed by atoms with van der Waals surface area (Å²) in [6.07, 6.45) is 1.50. The van der Waals surface area contributed by atoms with Crippen molar-refractivity contribution in [3.8, 4) is 11.5 Å². The van der Waals surface area contributed by atoms with Crippen molar-refractivity contribution < 1.29 is 14.6 Å². The van der Waals surface area contributed by atoms with E-state index >= 15 is 0 Å². The molecule has 3 aromatic carbocycles. The number of hydrogen-bond donors (Lipinski definition) is 2. The number of carbonyl (C=O) groups excluding carboxylic acids is 1. The van der Waals surface area contributed by atoms with Crippen molar-refractivity contribution in [3.05, 3.63) is 71.8 Å². The third kappa shape index (κ3) is 3.77. The Bertz CT molecular complexity index is 930. The normalized spacial score (nSPS) is 10.9. The van der Waals surface area contributed by atoms with Crippen molar-refractivity contribution in [2.24, 2.45) is 5.10 Å². The lowest BCUT2D eigenvalue weighted by atomic mass is 10.0. The number of nitrogens with one attached hydrogen (secondary N) is 1. The highest BCUT2D eigenvalue weighted by molar-refractivity contribution is 6.07. The molecule has 5 nitrogen and oxygen atoms in total. The molecule has 5 heteroatoms. The van der Waals surface area contributed by atoms with Crippen LogP contribution in [0.2, 0.25) is 0 Å². The molecule has 0 unspecified atom stereocenters. The van der Waals surface area contributed by atoms with Crippen molar-refractivity contribution in [2.75, 3.05) is 6.61 Å². The number of amides is 1.